The van der Waals surface area contributed by atoms with E-state index in [0.717, 1.165) is 10.6 Å². The summed E-state index contributed by atoms with van der Waals surface area (Å²) in [5, 5.41) is 3.47. The van der Waals surface area contributed by atoms with E-state index in [9.17, 15) is 0 Å². The minimum absolute atomic E-state index is 0.463. The summed E-state index contributed by atoms with van der Waals surface area (Å²) >= 11 is 7.91. The molecule has 0 aliphatic heterocycles. The van der Waals surface area contributed by atoms with Gasteiger partial charge in [-0.25, -0.2) is 0 Å². The zero-order valence-electron chi connectivity index (χ0n) is 15.9. The van der Waals surface area contributed by atoms with Crippen LogP contribution in [-0.2, 0) is 4.74 Å². The van der Waals surface area contributed by atoms with E-state index >= 15 is 0 Å². The average molecular weight is 385 g/mol. The molecule has 0 aliphatic carbocycles. The Bertz CT molecular complexity index is 867. The Hall–Kier alpha value is -1.66. The van der Waals surface area contributed by atoms with E-state index in [1.165, 1.54) is 22.0 Å². The van der Waals surface area contributed by atoms with Crippen molar-refractivity contribution in [1.29, 1.82) is 0 Å². The second-order valence-corrected chi connectivity index (χ2v) is 13.3. The number of hydrogen-bond acceptors (Lipinski definition) is 1. The second kappa shape index (κ2) is 7.16. The number of halogens is 1. The maximum absolute atomic E-state index is 7.91. The summed E-state index contributed by atoms with van der Waals surface area (Å²) in [4.78, 5) is 0. The summed E-state index contributed by atoms with van der Waals surface area (Å²) in [7, 11) is 1.74. The summed E-state index contributed by atoms with van der Waals surface area (Å²) in [6.07, 6.45) is 0.463. The molecule has 0 radical (unpaired) electrons. The predicted molar refractivity (Wildman–Crippen MR) is 117 cm³/mol. The van der Waals surface area contributed by atoms with Crippen molar-refractivity contribution in [2.24, 2.45) is 0 Å². The summed E-state index contributed by atoms with van der Waals surface area (Å²) in [6, 6.07) is 25.3. The van der Waals surface area contributed by atoms with Crippen LogP contribution in [0.25, 0.3) is 0 Å². The van der Waals surface area contributed by atoms with Crippen LogP contribution in [-0.4, -0.2) is 13.5 Å². The van der Waals surface area contributed by atoms with Crippen LogP contribution in [0.1, 0.15) is 16.7 Å². The molecule has 0 N–H and O–H groups in total. The van der Waals surface area contributed by atoms with Gasteiger partial charge in [0.1, 0.15) is 0 Å². The van der Waals surface area contributed by atoms with Gasteiger partial charge in [-0.2, -0.15) is 0 Å². The van der Waals surface area contributed by atoms with Gasteiger partial charge in [0.05, 0.1) is 0 Å². The molecular weight excluding hydrogens is 359 g/mol. The van der Waals surface area contributed by atoms with Crippen LogP contribution < -0.4 is 15.9 Å². The van der Waals surface area contributed by atoms with E-state index in [2.05, 4.69) is 81.4 Å². The van der Waals surface area contributed by atoms with Gasteiger partial charge in [0, 0.05) is 0 Å². The van der Waals surface area contributed by atoms with E-state index in [1.54, 1.807) is 7.11 Å². The molecule has 0 aliphatic rings. The number of ether oxygens (including phenoxy) is 1. The molecule has 26 heavy (non-hydrogen) atoms. The maximum atomic E-state index is 7.91. The molecule has 0 spiro atoms. The van der Waals surface area contributed by atoms with Crippen LogP contribution in [0.15, 0.2) is 72.8 Å². The SMILES string of the molecule is COCP(Cl)(c1ccccc1)(c1ccccc1)c1ccc(C)c(C)c1C. The van der Waals surface area contributed by atoms with Gasteiger partial charge in [-0.1, -0.05) is 0 Å². The standard InChI is InChI=1S/C23H26ClOP/c1-18-15-16-23(20(3)19(18)2)26(24,17-25-4,21-11-7-5-8-12-21)22-13-9-6-10-14-22/h5-16H,17H2,1-4H3. The number of methoxy groups -OCH3 is 1. The normalized spacial score (nSPS) is 13.2. The number of benzene rings is 3. The summed E-state index contributed by atoms with van der Waals surface area (Å²) in [6.45, 7) is 6.51. The van der Waals surface area contributed by atoms with E-state index in [4.69, 9.17) is 16.0 Å². The first kappa shape index (κ1) is 19.1. The predicted octanol–water partition coefficient (Wildman–Crippen LogP) is 5.20. The molecule has 3 rings (SSSR count). The molecule has 0 saturated heterocycles. The van der Waals surface area contributed by atoms with Crippen LogP contribution in [0.4, 0.5) is 0 Å². The first-order valence-electron chi connectivity index (χ1n) is 8.84. The molecule has 0 fully saturated rings. The zero-order chi connectivity index (χ0) is 18.8. The van der Waals surface area contributed by atoms with Gasteiger partial charge in [0.15, 0.2) is 0 Å². The molecule has 3 heteroatoms. The fraction of sp³-hybridized carbons (Fsp3) is 0.217. The third-order valence-electron chi connectivity index (χ3n) is 5.49. The van der Waals surface area contributed by atoms with E-state index in [-0.39, 0.29) is 0 Å². The van der Waals surface area contributed by atoms with Crippen molar-refractivity contribution in [2.75, 3.05) is 13.5 Å². The van der Waals surface area contributed by atoms with Crippen LogP contribution in [0.2, 0.25) is 0 Å². The first-order valence-corrected chi connectivity index (χ1v) is 12.2. The molecule has 0 atom stereocenters. The van der Waals surface area contributed by atoms with Gasteiger partial charge in [0.2, 0.25) is 0 Å². The summed E-state index contributed by atoms with van der Waals surface area (Å²) in [5.74, 6) is -3.28. The fourth-order valence-corrected chi connectivity index (χ4v) is 9.95. The monoisotopic (exact) mass is 384 g/mol. The Kier molecular flexibility index (Phi) is 5.26. The van der Waals surface area contributed by atoms with Crippen molar-refractivity contribution >= 4 is 33.1 Å². The molecule has 0 unspecified atom stereocenters. The molecule has 0 bridgehead atoms. The Morgan fingerprint density at radius 3 is 1.69 bits per heavy atom. The van der Waals surface area contributed by atoms with E-state index < -0.39 is 5.96 Å². The fourth-order valence-electron chi connectivity index (χ4n) is 3.81. The van der Waals surface area contributed by atoms with Gasteiger partial charge in [-0.15, -0.1) is 0 Å². The zero-order valence-corrected chi connectivity index (χ0v) is 17.5. The van der Waals surface area contributed by atoms with Gasteiger partial charge in [0.25, 0.3) is 0 Å². The molecule has 0 aromatic heterocycles. The van der Waals surface area contributed by atoms with Crippen molar-refractivity contribution < 1.29 is 4.74 Å². The van der Waals surface area contributed by atoms with Gasteiger partial charge in [-0.3, -0.25) is 0 Å². The van der Waals surface area contributed by atoms with E-state index in [1.807, 2.05) is 12.1 Å². The molecule has 1 nitrogen and oxygen atoms in total. The molecule has 3 aromatic carbocycles. The molecule has 3 aromatic rings. The number of aryl methyl sites for hydroxylation is 1. The van der Waals surface area contributed by atoms with Crippen LogP contribution in [0.5, 0.6) is 0 Å². The van der Waals surface area contributed by atoms with Crippen molar-refractivity contribution in [2.45, 2.75) is 20.8 Å². The second-order valence-electron chi connectivity index (χ2n) is 6.92. The molecule has 136 valence electrons. The van der Waals surface area contributed by atoms with Crippen molar-refractivity contribution in [3.63, 3.8) is 0 Å². The third-order valence-corrected chi connectivity index (χ3v) is 12.5. The Balaban J connectivity index is 2.50. The Morgan fingerprint density at radius 2 is 1.23 bits per heavy atom. The Morgan fingerprint density at radius 1 is 0.731 bits per heavy atom. The van der Waals surface area contributed by atoms with Crippen molar-refractivity contribution in [3.05, 3.63) is 89.5 Å². The van der Waals surface area contributed by atoms with Crippen LogP contribution in [0.3, 0.4) is 0 Å². The first-order chi connectivity index (χ1) is 12.4. The van der Waals surface area contributed by atoms with Gasteiger partial charge in [-0.05, 0) is 0 Å². The van der Waals surface area contributed by atoms with Crippen molar-refractivity contribution in [1.82, 2.24) is 0 Å². The molecule has 0 amide bonds. The molecular formula is C23H26ClOP. The minimum atomic E-state index is -3.28. The molecule has 0 saturated carbocycles. The molecule has 0 heterocycles. The summed E-state index contributed by atoms with van der Waals surface area (Å²) < 4.78 is 5.82. The number of rotatable bonds is 5. The Labute approximate surface area is 161 Å². The van der Waals surface area contributed by atoms with E-state index in [0.29, 0.717) is 6.35 Å². The topological polar surface area (TPSA) is 9.23 Å². The van der Waals surface area contributed by atoms with Gasteiger partial charge < -0.3 is 0 Å². The number of hydrogen-bond donors (Lipinski definition) is 0. The van der Waals surface area contributed by atoms with Gasteiger partial charge >= 0.3 is 162 Å². The van der Waals surface area contributed by atoms with Crippen LogP contribution in [0, 0.1) is 20.8 Å². The summed E-state index contributed by atoms with van der Waals surface area (Å²) in [5.41, 5.74) is 3.83. The average Bonchev–Trinajstić information content (AvgIpc) is 2.68. The van der Waals surface area contributed by atoms with Crippen molar-refractivity contribution in [3.8, 4) is 0 Å². The quantitative estimate of drug-likeness (QED) is 0.549. The third kappa shape index (κ3) is 2.79. The van der Waals surface area contributed by atoms with Crippen LogP contribution >= 0.6 is 17.2 Å².